The van der Waals surface area contributed by atoms with Crippen LogP contribution >= 0.6 is 0 Å². The van der Waals surface area contributed by atoms with Gasteiger partial charge in [-0.05, 0) is 60.0 Å². The molecule has 3 aromatic carbocycles. The van der Waals surface area contributed by atoms with Gasteiger partial charge in [-0.1, -0.05) is 24.3 Å². The molecule has 5 heterocycles. The molecule has 0 aliphatic carbocycles. The van der Waals surface area contributed by atoms with Gasteiger partial charge in [-0.2, -0.15) is 9.29 Å². The summed E-state index contributed by atoms with van der Waals surface area (Å²) < 4.78 is 60.6. The van der Waals surface area contributed by atoms with E-state index in [0.717, 1.165) is 39.2 Å². The Hall–Kier alpha value is -6.11. The molecule has 0 spiro atoms. The van der Waals surface area contributed by atoms with E-state index in [2.05, 4.69) is 4.90 Å². The predicted octanol–water partition coefficient (Wildman–Crippen LogP) is 4.81. The van der Waals surface area contributed by atoms with Gasteiger partial charge < -0.3 is 38.9 Å². The van der Waals surface area contributed by atoms with E-state index in [0.29, 0.717) is 81.3 Å². The van der Waals surface area contributed by atoms with E-state index >= 15 is 4.39 Å². The van der Waals surface area contributed by atoms with Crippen molar-refractivity contribution in [1.29, 1.82) is 0 Å². The Labute approximate surface area is 341 Å². The number of methoxy groups -OCH3 is 2. The van der Waals surface area contributed by atoms with Gasteiger partial charge in [0, 0.05) is 82.4 Å². The molecular formula is C41H44FN9O7S. The molecule has 1 amide bonds. The first-order valence-corrected chi connectivity index (χ1v) is 20.7. The van der Waals surface area contributed by atoms with Crippen molar-refractivity contribution in [3.05, 3.63) is 102 Å². The number of hydrogen-bond donors (Lipinski definition) is 1. The summed E-state index contributed by atoms with van der Waals surface area (Å²) in [5.74, 6) is 2.29. The maximum absolute atomic E-state index is 16.1. The van der Waals surface area contributed by atoms with Gasteiger partial charge in [-0.3, -0.25) is 0 Å². The number of ether oxygens (including phenoxy) is 3. The largest absolute Gasteiger partial charge is 0.497 e. The number of hydrogen-bond acceptors (Lipinski definition) is 13. The molecule has 2 fully saturated rings. The third kappa shape index (κ3) is 8.41. The number of amides is 1. The third-order valence-corrected chi connectivity index (χ3v) is 12.6. The Bertz CT molecular complexity index is 2350. The van der Waals surface area contributed by atoms with E-state index in [-0.39, 0.29) is 36.8 Å². The highest BCUT2D eigenvalue weighted by atomic mass is 32.2. The summed E-state index contributed by atoms with van der Waals surface area (Å²) in [6, 6.07) is 19.6. The molecule has 18 heteroatoms. The van der Waals surface area contributed by atoms with Gasteiger partial charge in [0.25, 0.3) is 0 Å². The molecule has 3 aliphatic heterocycles. The average molecular weight is 826 g/mol. The van der Waals surface area contributed by atoms with Gasteiger partial charge in [0.15, 0.2) is 0 Å². The molecule has 16 nitrogen and oxygen atoms in total. The van der Waals surface area contributed by atoms with Crippen LogP contribution in [-0.2, 0) is 34.3 Å². The van der Waals surface area contributed by atoms with Crippen LogP contribution in [0.5, 0.6) is 11.5 Å². The number of anilines is 4. The molecule has 59 heavy (non-hydrogen) atoms. The van der Waals surface area contributed by atoms with Crippen molar-refractivity contribution in [3.63, 3.8) is 0 Å². The molecule has 308 valence electrons. The van der Waals surface area contributed by atoms with Gasteiger partial charge in [-0.25, -0.2) is 32.6 Å². The normalized spacial score (nSPS) is 15.9. The number of fused-ring (bicyclic) bond motifs is 1. The van der Waals surface area contributed by atoms with E-state index in [9.17, 15) is 18.3 Å². The maximum atomic E-state index is 16.1. The first-order valence-electron chi connectivity index (χ1n) is 19.2. The molecule has 5 aromatic rings. The maximum Gasteiger partial charge on any atom is 0.407 e. The van der Waals surface area contributed by atoms with Crippen molar-refractivity contribution in [3.8, 4) is 22.8 Å². The second-order valence-electron chi connectivity index (χ2n) is 14.3. The van der Waals surface area contributed by atoms with Crippen molar-refractivity contribution in [2.24, 2.45) is 0 Å². The van der Waals surface area contributed by atoms with Crippen LogP contribution < -0.4 is 24.2 Å². The molecule has 0 bridgehead atoms. The molecule has 3 aliphatic rings. The summed E-state index contributed by atoms with van der Waals surface area (Å²) >= 11 is 0. The molecule has 1 N–H and O–H groups in total. The molecule has 0 radical (unpaired) electrons. The van der Waals surface area contributed by atoms with Gasteiger partial charge in [-0.15, -0.1) is 0 Å². The minimum atomic E-state index is -4.07. The quantitative estimate of drug-likeness (QED) is 0.182. The van der Waals surface area contributed by atoms with E-state index in [1.165, 1.54) is 16.4 Å². The Balaban J connectivity index is 1.10. The highest BCUT2D eigenvalue weighted by Gasteiger charge is 2.34. The highest BCUT2D eigenvalue weighted by Crippen LogP contribution is 2.41. The van der Waals surface area contributed by atoms with E-state index in [4.69, 9.17) is 34.1 Å². The summed E-state index contributed by atoms with van der Waals surface area (Å²) in [5.41, 5.74) is 4.36. The van der Waals surface area contributed by atoms with E-state index in [1.807, 2.05) is 53.4 Å². The number of carbonyl (C=O) groups is 1. The van der Waals surface area contributed by atoms with Crippen LogP contribution in [0.4, 0.5) is 32.6 Å². The van der Waals surface area contributed by atoms with Crippen LogP contribution in [0.3, 0.4) is 0 Å². The van der Waals surface area contributed by atoms with Crippen LogP contribution in [0.15, 0.2) is 84.0 Å². The smallest absolute Gasteiger partial charge is 0.407 e. The number of piperazine rings is 1. The highest BCUT2D eigenvalue weighted by molar-refractivity contribution is 7.89. The van der Waals surface area contributed by atoms with Crippen LogP contribution in [-0.4, -0.2) is 122 Å². The van der Waals surface area contributed by atoms with Gasteiger partial charge >= 0.3 is 6.09 Å². The summed E-state index contributed by atoms with van der Waals surface area (Å²) in [6.07, 6.45) is 2.89. The van der Waals surface area contributed by atoms with Gasteiger partial charge in [0.2, 0.25) is 21.9 Å². The fraction of sp³-hybridized carbons (Fsp3) is 0.341. The number of aromatic nitrogens is 4. The van der Waals surface area contributed by atoms with E-state index < -0.39 is 21.9 Å². The first kappa shape index (κ1) is 39.7. The number of carboxylic acid groups (broad SMARTS) is 1. The second-order valence-corrected chi connectivity index (χ2v) is 16.2. The van der Waals surface area contributed by atoms with Crippen molar-refractivity contribution < 1.29 is 36.9 Å². The lowest BCUT2D eigenvalue weighted by Crippen LogP contribution is -2.50. The fourth-order valence-corrected chi connectivity index (χ4v) is 8.90. The zero-order chi connectivity index (χ0) is 41.1. The van der Waals surface area contributed by atoms with Crippen molar-refractivity contribution in [1.82, 2.24) is 29.1 Å². The van der Waals surface area contributed by atoms with Crippen LogP contribution in [0, 0.1) is 5.82 Å². The minimum Gasteiger partial charge on any atom is -0.497 e. The lowest BCUT2D eigenvalue weighted by molar-refractivity contribution is 0.122. The SMILES string of the molecule is COc1ccc(CN(Cc2ccc(OC)cc2)c2ncc(-c3nc(N4CCOCC4)nc4c3CCN4c3ccc(S(=O)(=O)N4CCN(C(=O)O)CC4)cc3F)cn2)cc1. The summed E-state index contributed by atoms with van der Waals surface area (Å²) in [6.45, 7) is 3.62. The summed E-state index contributed by atoms with van der Waals surface area (Å²) in [5, 5.41) is 9.28. The Morgan fingerprint density at radius 1 is 0.831 bits per heavy atom. The molecule has 0 atom stereocenters. The van der Waals surface area contributed by atoms with Crippen LogP contribution in [0.1, 0.15) is 16.7 Å². The Morgan fingerprint density at radius 3 is 2.00 bits per heavy atom. The second kappa shape index (κ2) is 17.0. The molecule has 2 saturated heterocycles. The number of rotatable bonds is 12. The third-order valence-electron chi connectivity index (χ3n) is 10.7. The molecular weight excluding hydrogens is 782 g/mol. The van der Waals surface area contributed by atoms with E-state index in [1.54, 1.807) is 31.5 Å². The zero-order valence-corrected chi connectivity index (χ0v) is 33.5. The Morgan fingerprint density at radius 2 is 1.44 bits per heavy atom. The van der Waals surface area contributed by atoms with Crippen molar-refractivity contribution in [2.45, 2.75) is 24.4 Å². The summed E-state index contributed by atoms with van der Waals surface area (Å²) in [4.78, 5) is 37.9. The Kier molecular flexibility index (Phi) is 11.4. The summed E-state index contributed by atoms with van der Waals surface area (Å²) in [7, 11) is -0.794. The monoisotopic (exact) mass is 825 g/mol. The molecule has 2 aromatic heterocycles. The van der Waals surface area contributed by atoms with Crippen LogP contribution in [0.2, 0.25) is 0 Å². The van der Waals surface area contributed by atoms with Gasteiger partial charge in [0.1, 0.15) is 23.1 Å². The molecule has 8 rings (SSSR count). The standard InChI is InChI=1S/C41H44FN9O7S/c1-56-31-7-3-28(4-8-31)26-49(27-29-5-9-32(57-2)10-6-29)39-43-24-30(25-44-39)37-34-13-14-51(38(34)46-40(45-37)47-19-21-58-22-20-47)36-12-11-33(23-35(36)42)59(54,55)50-17-15-48(16-18-50)41(52)53/h3-12,23-25H,13-22,26-27H2,1-2H3,(H,52,53). The number of nitrogens with zero attached hydrogens (tertiary/aromatic N) is 9. The lowest BCUT2D eigenvalue weighted by Gasteiger charge is -2.32. The number of benzene rings is 3. The van der Waals surface area contributed by atoms with Crippen molar-refractivity contribution >= 4 is 39.5 Å². The van der Waals surface area contributed by atoms with Gasteiger partial charge in [0.05, 0.1) is 43.7 Å². The lowest BCUT2D eigenvalue weighted by atomic mass is 10.1. The zero-order valence-electron chi connectivity index (χ0n) is 32.7. The number of sulfonamides is 1. The predicted molar refractivity (Wildman–Crippen MR) is 217 cm³/mol. The first-order chi connectivity index (χ1) is 28.6. The minimum absolute atomic E-state index is 0.0183. The average Bonchev–Trinajstić information content (AvgIpc) is 3.70. The van der Waals surface area contributed by atoms with Crippen LogP contribution in [0.25, 0.3) is 11.3 Å². The van der Waals surface area contributed by atoms with Crippen molar-refractivity contribution in [2.75, 3.05) is 87.9 Å². The number of halogens is 1. The fourth-order valence-electron chi connectivity index (χ4n) is 7.46. The number of morpholine rings is 1. The molecule has 0 unspecified atom stereocenters. The topological polar surface area (TPSA) is 167 Å². The molecule has 0 saturated carbocycles.